The minimum Gasteiger partial charge on any atom is -0.380 e. The normalized spacial score (nSPS) is 21.3. The summed E-state index contributed by atoms with van der Waals surface area (Å²) in [7, 11) is 0. The smallest absolute Gasteiger partial charge is 0.380 e. The topological polar surface area (TPSA) is 24.1 Å². The van der Waals surface area contributed by atoms with E-state index < -0.39 is 11.7 Å². The summed E-state index contributed by atoms with van der Waals surface area (Å²) in [5, 5.41) is 6.81. The zero-order valence-electron chi connectivity index (χ0n) is 13.3. The highest BCUT2D eigenvalue weighted by Crippen LogP contribution is 2.32. The summed E-state index contributed by atoms with van der Waals surface area (Å²) in [5.41, 5.74) is 0.952. The molecule has 0 unspecified atom stereocenters. The van der Waals surface area contributed by atoms with Crippen LogP contribution in [0.15, 0.2) is 54.6 Å². The molecule has 24 heavy (non-hydrogen) atoms. The molecule has 2 N–H and O–H groups in total. The highest BCUT2D eigenvalue weighted by Gasteiger charge is 2.31. The van der Waals surface area contributed by atoms with Gasteiger partial charge in [0.25, 0.3) is 0 Å². The standard InChI is InChI=1S/C19H21F3N2/c20-19(21,22)14-7-6-10-16(13-14)24-18-12-5-4-11-17(18)23-15-8-2-1-3-9-15/h1-3,6-10,13,17-18,23-24H,4-5,11-12H2/t17-,18-/m0/s1. The van der Waals surface area contributed by atoms with Gasteiger partial charge in [-0.15, -0.1) is 0 Å². The Balaban J connectivity index is 1.72. The van der Waals surface area contributed by atoms with Gasteiger partial charge in [0, 0.05) is 23.5 Å². The van der Waals surface area contributed by atoms with Crippen molar-refractivity contribution in [3.8, 4) is 0 Å². The van der Waals surface area contributed by atoms with Crippen molar-refractivity contribution in [1.82, 2.24) is 0 Å². The van der Waals surface area contributed by atoms with Crippen molar-refractivity contribution >= 4 is 11.4 Å². The molecule has 1 saturated carbocycles. The fourth-order valence-corrected chi connectivity index (χ4v) is 3.22. The zero-order valence-corrected chi connectivity index (χ0v) is 13.3. The average molecular weight is 334 g/mol. The van der Waals surface area contributed by atoms with Crippen molar-refractivity contribution in [1.29, 1.82) is 0 Å². The van der Waals surface area contributed by atoms with E-state index in [0.717, 1.165) is 37.4 Å². The Labute approximate surface area is 140 Å². The molecule has 1 aliphatic carbocycles. The first-order valence-corrected chi connectivity index (χ1v) is 8.28. The molecular weight excluding hydrogens is 313 g/mol. The number of hydrogen-bond acceptors (Lipinski definition) is 2. The molecule has 5 heteroatoms. The van der Waals surface area contributed by atoms with Crippen LogP contribution in [0.1, 0.15) is 31.2 Å². The molecule has 0 radical (unpaired) electrons. The number of para-hydroxylation sites is 1. The van der Waals surface area contributed by atoms with Crippen LogP contribution in [0.5, 0.6) is 0 Å². The van der Waals surface area contributed by atoms with Gasteiger partial charge >= 0.3 is 6.18 Å². The molecule has 1 fully saturated rings. The lowest BCUT2D eigenvalue weighted by Gasteiger charge is -2.34. The lowest BCUT2D eigenvalue weighted by molar-refractivity contribution is -0.137. The van der Waals surface area contributed by atoms with Gasteiger partial charge in [-0.2, -0.15) is 13.2 Å². The average Bonchev–Trinajstić information content (AvgIpc) is 2.57. The van der Waals surface area contributed by atoms with E-state index in [1.54, 1.807) is 6.07 Å². The first-order valence-electron chi connectivity index (χ1n) is 8.28. The number of rotatable bonds is 4. The van der Waals surface area contributed by atoms with Crippen molar-refractivity contribution < 1.29 is 13.2 Å². The molecule has 0 heterocycles. The lowest BCUT2D eigenvalue weighted by atomic mass is 9.89. The molecule has 2 atom stereocenters. The van der Waals surface area contributed by atoms with E-state index in [1.165, 1.54) is 12.1 Å². The Kier molecular flexibility index (Phi) is 4.97. The van der Waals surface area contributed by atoms with E-state index in [-0.39, 0.29) is 12.1 Å². The number of nitrogens with one attached hydrogen (secondary N) is 2. The monoisotopic (exact) mass is 334 g/mol. The summed E-state index contributed by atoms with van der Waals surface area (Å²) < 4.78 is 38.6. The van der Waals surface area contributed by atoms with Gasteiger partial charge in [-0.1, -0.05) is 37.1 Å². The van der Waals surface area contributed by atoms with Crippen LogP contribution in [0.2, 0.25) is 0 Å². The number of halogens is 3. The van der Waals surface area contributed by atoms with Gasteiger partial charge in [0.1, 0.15) is 0 Å². The molecule has 0 amide bonds. The molecule has 0 saturated heterocycles. The van der Waals surface area contributed by atoms with Gasteiger partial charge in [0.15, 0.2) is 0 Å². The largest absolute Gasteiger partial charge is 0.416 e. The first-order chi connectivity index (χ1) is 11.5. The van der Waals surface area contributed by atoms with Crippen LogP contribution in [-0.4, -0.2) is 12.1 Å². The van der Waals surface area contributed by atoms with Gasteiger partial charge in [0.05, 0.1) is 5.56 Å². The van der Waals surface area contributed by atoms with Crippen LogP contribution < -0.4 is 10.6 Å². The molecule has 0 aliphatic heterocycles. The lowest BCUT2D eigenvalue weighted by Crippen LogP contribution is -2.41. The maximum absolute atomic E-state index is 12.9. The van der Waals surface area contributed by atoms with Crippen LogP contribution in [0.3, 0.4) is 0 Å². The van der Waals surface area contributed by atoms with Gasteiger partial charge in [-0.05, 0) is 43.2 Å². The maximum Gasteiger partial charge on any atom is 0.416 e. The summed E-state index contributed by atoms with van der Waals surface area (Å²) >= 11 is 0. The van der Waals surface area contributed by atoms with Crippen LogP contribution in [0, 0.1) is 0 Å². The van der Waals surface area contributed by atoms with Crippen molar-refractivity contribution in [2.45, 2.75) is 43.9 Å². The summed E-state index contributed by atoms with van der Waals surface area (Å²) in [6.07, 6.45) is -0.146. The van der Waals surface area contributed by atoms with E-state index in [2.05, 4.69) is 10.6 Å². The minimum absolute atomic E-state index is 0.113. The van der Waals surface area contributed by atoms with E-state index in [4.69, 9.17) is 0 Å². The molecular formula is C19H21F3N2. The van der Waals surface area contributed by atoms with Crippen molar-refractivity contribution in [2.75, 3.05) is 10.6 Å². The molecule has 128 valence electrons. The highest BCUT2D eigenvalue weighted by molar-refractivity contribution is 5.49. The zero-order chi connectivity index (χ0) is 17.0. The molecule has 1 aliphatic rings. The Morgan fingerprint density at radius 3 is 1.96 bits per heavy atom. The van der Waals surface area contributed by atoms with E-state index in [9.17, 15) is 13.2 Å². The van der Waals surface area contributed by atoms with Crippen molar-refractivity contribution in [3.63, 3.8) is 0 Å². The Bertz CT molecular complexity index is 655. The Morgan fingerprint density at radius 1 is 0.750 bits per heavy atom. The third kappa shape index (κ3) is 4.22. The Hall–Kier alpha value is -2.17. The summed E-state index contributed by atoms with van der Waals surface area (Å²) in [5.74, 6) is 0. The highest BCUT2D eigenvalue weighted by atomic mass is 19.4. The second-order valence-corrected chi connectivity index (χ2v) is 6.23. The molecule has 2 aromatic rings. The summed E-state index contributed by atoms with van der Waals surface area (Å²) in [6, 6.07) is 15.7. The second-order valence-electron chi connectivity index (χ2n) is 6.23. The van der Waals surface area contributed by atoms with Gasteiger partial charge in [-0.25, -0.2) is 0 Å². The third-order valence-corrected chi connectivity index (χ3v) is 4.43. The first kappa shape index (κ1) is 16.7. The molecule has 0 bridgehead atoms. The maximum atomic E-state index is 12.9. The quantitative estimate of drug-likeness (QED) is 0.767. The van der Waals surface area contributed by atoms with Crippen LogP contribution >= 0.6 is 0 Å². The van der Waals surface area contributed by atoms with Gasteiger partial charge in [0.2, 0.25) is 0 Å². The Morgan fingerprint density at radius 2 is 1.33 bits per heavy atom. The van der Waals surface area contributed by atoms with E-state index in [0.29, 0.717) is 5.69 Å². The fourth-order valence-electron chi connectivity index (χ4n) is 3.22. The van der Waals surface area contributed by atoms with Gasteiger partial charge in [-0.3, -0.25) is 0 Å². The van der Waals surface area contributed by atoms with Crippen LogP contribution in [-0.2, 0) is 6.18 Å². The second kappa shape index (κ2) is 7.16. The SMILES string of the molecule is FC(F)(F)c1cccc(N[C@H]2CCCC[C@@H]2Nc2ccccc2)c1. The predicted molar refractivity (Wildman–Crippen MR) is 91.2 cm³/mol. The van der Waals surface area contributed by atoms with E-state index in [1.807, 2.05) is 30.3 Å². The third-order valence-electron chi connectivity index (χ3n) is 4.43. The molecule has 2 aromatic carbocycles. The van der Waals surface area contributed by atoms with Crippen molar-refractivity contribution in [3.05, 3.63) is 60.2 Å². The number of benzene rings is 2. The van der Waals surface area contributed by atoms with Crippen LogP contribution in [0.4, 0.5) is 24.5 Å². The molecule has 3 rings (SSSR count). The number of hydrogen-bond donors (Lipinski definition) is 2. The van der Waals surface area contributed by atoms with E-state index >= 15 is 0 Å². The summed E-state index contributed by atoms with van der Waals surface area (Å²) in [4.78, 5) is 0. The molecule has 2 nitrogen and oxygen atoms in total. The molecule has 0 spiro atoms. The summed E-state index contributed by atoms with van der Waals surface area (Å²) in [6.45, 7) is 0. The van der Waals surface area contributed by atoms with Crippen LogP contribution in [0.25, 0.3) is 0 Å². The fraction of sp³-hybridized carbons (Fsp3) is 0.368. The predicted octanol–water partition coefficient (Wildman–Crippen LogP) is 5.54. The number of alkyl halides is 3. The molecule has 0 aromatic heterocycles. The van der Waals surface area contributed by atoms with Gasteiger partial charge < -0.3 is 10.6 Å². The number of anilines is 2. The minimum atomic E-state index is -4.31. The van der Waals surface area contributed by atoms with Crippen molar-refractivity contribution in [2.24, 2.45) is 0 Å².